The minimum atomic E-state index is -0.724. The summed E-state index contributed by atoms with van der Waals surface area (Å²) in [6.45, 7) is 1.09. The van der Waals surface area contributed by atoms with Crippen molar-refractivity contribution in [2.45, 2.75) is 25.4 Å². The number of rotatable bonds is 5. The van der Waals surface area contributed by atoms with Gasteiger partial charge < -0.3 is 16.2 Å². The molecule has 0 heterocycles. The Morgan fingerprint density at radius 3 is 2.75 bits per heavy atom. The van der Waals surface area contributed by atoms with Crippen molar-refractivity contribution in [2.24, 2.45) is 16.6 Å². The van der Waals surface area contributed by atoms with Crippen LogP contribution in [0.1, 0.15) is 30.9 Å². The molecule has 112 valence electrons. The minimum Gasteiger partial charge on any atom is -0.386 e. The van der Waals surface area contributed by atoms with Crippen LogP contribution in [-0.2, 0) is 0 Å². The summed E-state index contributed by atoms with van der Waals surface area (Å²) >= 11 is 6.01. The average Bonchev–Trinajstić information content (AvgIpc) is 2.34. The summed E-state index contributed by atoms with van der Waals surface area (Å²) in [5.41, 5.74) is 6.44. The molecule has 1 aliphatic rings. The quantitative estimate of drug-likeness (QED) is 0.398. The first-order valence-electron chi connectivity index (χ1n) is 6.63. The SMILES string of the molecule is I.NC(=NCC(O)c1ccccc1Cl)NCC1CCC1. The summed E-state index contributed by atoms with van der Waals surface area (Å²) in [6, 6.07) is 7.21. The molecule has 20 heavy (non-hydrogen) atoms. The number of benzene rings is 1. The second kappa shape index (κ2) is 8.69. The maximum Gasteiger partial charge on any atom is 0.188 e. The van der Waals surface area contributed by atoms with Gasteiger partial charge >= 0.3 is 0 Å². The number of halogens is 2. The Morgan fingerprint density at radius 1 is 1.45 bits per heavy atom. The van der Waals surface area contributed by atoms with Gasteiger partial charge in [0.1, 0.15) is 6.10 Å². The largest absolute Gasteiger partial charge is 0.386 e. The number of hydrogen-bond donors (Lipinski definition) is 3. The molecule has 0 amide bonds. The van der Waals surface area contributed by atoms with Crippen LogP contribution in [0.25, 0.3) is 0 Å². The van der Waals surface area contributed by atoms with Gasteiger partial charge in [0.05, 0.1) is 6.54 Å². The second-order valence-electron chi connectivity index (χ2n) is 4.94. The number of aliphatic imine (C=N–C) groups is 1. The first-order chi connectivity index (χ1) is 9.16. The van der Waals surface area contributed by atoms with Crippen LogP contribution in [0.15, 0.2) is 29.3 Å². The number of nitrogens with two attached hydrogens (primary N) is 1. The van der Waals surface area contributed by atoms with Gasteiger partial charge in [0, 0.05) is 17.1 Å². The topological polar surface area (TPSA) is 70.6 Å². The molecule has 0 aliphatic heterocycles. The van der Waals surface area contributed by atoms with Gasteiger partial charge in [-0.2, -0.15) is 0 Å². The molecule has 2 rings (SSSR count). The molecule has 4 nitrogen and oxygen atoms in total. The Morgan fingerprint density at radius 2 is 2.15 bits per heavy atom. The van der Waals surface area contributed by atoms with E-state index in [0.29, 0.717) is 16.5 Å². The van der Waals surface area contributed by atoms with Crippen molar-refractivity contribution in [3.05, 3.63) is 34.9 Å². The van der Waals surface area contributed by atoms with Crippen molar-refractivity contribution in [3.8, 4) is 0 Å². The Hall–Kier alpha value is -0.530. The molecule has 0 bridgehead atoms. The van der Waals surface area contributed by atoms with Gasteiger partial charge in [0.15, 0.2) is 5.96 Å². The van der Waals surface area contributed by atoms with Crippen molar-refractivity contribution in [3.63, 3.8) is 0 Å². The zero-order valence-electron chi connectivity index (χ0n) is 11.3. The predicted molar refractivity (Wildman–Crippen MR) is 93.7 cm³/mol. The summed E-state index contributed by atoms with van der Waals surface area (Å²) < 4.78 is 0. The van der Waals surface area contributed by atoms with Crippen LogP contribution in [0, 0.1) is 5.92 Å². The molecule has 0 saturated heterocycles. The van der Waals surface area contributed by atoms with Crippen molar-refractivity contribution in [2.75, 3.05) is 13.1 Å². The van der Waals surface area contributed by atoms with E-state index in [-0.39, 0.29) is 30.5 Å². The third-order valence-corrected chi connectivity index (χ3v) is 3.84. The molecule has 1 aliphatic carbocycles. The van der Waals surface area contributed by atoms with Gasteiger partial charge in [-0.1, -0.05) is 36.2 Å². The van der Waals surface area contributed by atoms with E-state index in [0.717, 1.165) is 12.5 Å². The van der Waals surface area contributed by atoms with Crippen LogP contribution in [0.2, 0.25) is 5.02 Å². The van der Waals surface area contributed by atoms with E-state index in [1.54, 1.807) is 12.1 Å². The van der Waals surface area contributed by atoms with E-state index in [1.165, 1.54) is 19.3 Å². The zero-order valence-corrected chi connectivity index (χ0v) is 14.3. The number of nitrogens with zero attached hydrogens (tertiary/aromatic N) is 1. The van der Waals surface area contributed by atoms with Crippen molar-refractivity contribution in [1.29, 1.82) is 0 Å². The van der Waals surface area contributed by atoms with Gasteiger partial charge in [0.2, 0.25) is 0 Å². The Bertz CT molecular complexity index is 452. The number of nitrogens with one attached hydrogen (secondary N) is 1. The van der Waals surface area contributed by atoms with E-state index in [1.807, 2.05) is 12.1 Å². The van der Waals surface area contributed by atoms with Crippen LogP contribution >= 0.6 is 35.6 Å². The van der Waals surface area contributed by atoms with E-state index in [4.69, 9.17) is 17.3 Å². The number of aliphatic hydroxyl groups excluding tert-OH is 1. The fourth-order valence-electron chi connectivity index (χ4n) is 2.03. The fraction of sp³-hybridized carbons (Fsp3) is 0.500. The third kappa shape index (κ3) is 5.10. The van der Waals surface area contributed by atoms with Gasteiger partial charge in [-0.3, -0.25) is 4.99 Å². The second-order valence-corrected chi connectivity index (χ2v) is 5.35. The Balaban J connectivity index is 0.00000200. The molecular formula is C14H21ClIN3O. The summed E-state index contributed by atoms with van der Waals surface area (Å²) in [5, 5.41) is 13.6. The third-order valence-electron chi connectivity index (χ3n) is 3.50. The summed E-state index contributed by atoms with van der Waals surface area (Å²) in [5.74, 6) is 1.11. The molecule has 4 N–H and O–H groups in total. The summed E-state index contributed by atoms with van der Waals surface area (Å²) in [6.07, 6.45) is 3.12. The van der Waals surface area contributed by atoms with Crippen LogP contribution in [0.5, 0.6) is 0 Å². The molecule has 1 atom stereocenters. The normalized spacial score (nSPS) is 17.0. The monoisotopic (exact) mass is 409 g/mol. The summed E-state index contributed by atoms with van der Waals surface area (Å²) in [7, 11) is 0. The highest BCUT2D eigenvalue weighted by atomic mass is 127. The lowest BCUT2D eigenvalue weighted by atomic mass is 9.85. The van der Waals surface area contributed by atoms with Gasteiger partial charge in [-0.05, 0) is 24.8 Å². The molecule has 1 aromatic rings. The lowest BCUT2D eigenvalue weighted by Gasteiger charge is -2.25. The van der Waals surface area contributed by atoms with E-state index >= 15 is 0 Å². The molecule has 1 fully saturated rings. The van der Waals surface area contributed by atoms with Crippen molar-refractivity contribution >= 4 is 41.5 Å². The standard InChI is InChI=1S/C14H20ClN3O.HI/c15-12-7-2-1-6-11(12)13(19)9-18-14(16)17-8-10-4-3-5-10;/h1-2,6-7,10,13,19H,3-5,8-9H2,(H3,16,17,18);1H. The molecule has 1 unspecified atom stereocenters. The Kier molecular flexibility index (Phi) is 7.61. The number of hydrogen-bond acceptors (Lipinski definition) is 2. The van der Waals surface area contributed by atoms with Gasteiger partial charge in [-0.25, -0.2) is 0 Å². The fourth-order valence-corrected chi connectivity index (χ4v) is 2.29. The van der Waals surface area contributed by atoms with Gasteiger partial charge in [-0.15, -0.1) is 24.0 Å². The number of aliphatic hydroxyl groups is 1. The lowest BCUT2D eigenvalue weighted by Crippen LogP contribution is -2.37. The van der Waals surface area contributed by atoms with E-state index in [9.17, 15) is 5.11 Å². The molecule has 1 aromatic carbocycles. The molecule has 0 aromatic heterocycles. The van der Waals surface area contributed by atoms with Crippen LogP contribution in [-0.4, -0.2) is 24.2 Å². The van der Waals surface area contributed by atoms with Gasteiger partial charge in [0.25, 0.3) is 0 Å². The molecule has 1 saturated carbocycles. The molecule has 6 heteroatoms. The smallest absolute Gasteiger partial charge is 0.188 e. The molecule has 0 spiro atoms. The minimum absolute atomic E-state index is 0. The highest BCUT2D eigenvalue weighted by Crippen LogP contribution is 2.25. The van der Waals surface area contributed by atoms with E-state index < -0.39 is 6.10 Å². The van der Waals surface area contributed by atoms with Crippen molar-refractivity contribution < 1.29 is 5.11 Å². The lowest BCUT2D eigenvalue weighted by molar-refractivity contribution is 0.187. The van der Waals surface area contributed by atoms with Crippen LogP contribution < -0.4 is 11.1 Å². The maximum absolute atomic E-state index is 10.0. The molecule has 0 radical (unpaired) electrons. The van der Waals surface area contributed by atoms with Crippen LogP contribution in [0.3, 0.4) is 0 Å². The van der Waals surface area contributed by atoms with Crippen LogP contribution in [0.4, 0.5) is 0 Å². The first kappa shape index (κ1) is 17.5. The number of guanidine groups is 1. The zero-order chi connectivity index (χ0) is 13.7. The Labute approximate surface area is 141 Å². The average molecular weight is 410 g/mol. The maximum atomic E-state index is 10.0. The predicted octanol–water partition coefficient (Wildman–Crippen LogP) is 2.70. The summed E-state index contributed by atoms with van der Waals surface area (Å²) in [4.78, 5) is 4.15. The van der Waals surface area contributed by atoms with E-state index in [2.05, 4.69) is 10.3 Å². The molecular weight excluding hydrogens is 389 g/mol. The highest BCUT2D eigenvalue weighted by molar-refractivity contribution is 14.0. The highest BCUT2D eigenvalue weighted by Gasteiger charge is 2.17. The van der Waals surface area contributed by atoms with Crippen molar-refractivity contribution in [1.82, 2.24) is 5.32 Å². The first-order valence-corrected chi connectivity index (χ1v) is 7.01.